The van der Waals surface area contributed by atoms with Crippen molar-refractivity contribution in [1.82, 2.24) is 15.5 Å². The third kappa shape index (κ3) is 11.5. The summed E-state index contributed by atoms with van der Waals surface area (Å²) in [7, 11) is 2.00. The normalized spacial score (nSPS) is 13.4. The Bertz CT molecular complexity index is 1320. The predicted molar refractivity (Wildman–Crippen MR) is 184 cm³/mol. The quantitative estimate of drug-likeness (QED) is 0.197. The number of nitrogens with one attached hydrogen (secondary N) is 3. The summed E-state index contributed by atoms with van der Waals surface area (Å²) in [6.45, 7) is 18.1. The van der Waals surface area contributed by atoms with Crippen molar-refractivity contribution in [1.29, 1.82) is 0 Å². The summed E-state index contributed by atoms with van der Waals surface area (Å²) >= 11 is 0. The van der Waals surface area contributed by atoms with E-state index in [4.69, 9.17) is 0 Å². The van der Waals surface area contributed by atoms with Crippen LogP contribution < -0.4 is 16.0 Å². The fraction of sp³-hybridized carbons (Fsp3) is 0.474. The lowest BCUT2D eigenvalue weighted by atomic mass is 9.86. The molecule has 3 rings (SSSR count). The van der Waals surface area contributed by atoms with E-state index in [1.165, 1.54) is 11.1 Å². The molecular formula is C38H54N4O2. The van der Waals surface area contributed by atoms with Gasteiger partial charge in [-0.25, -0.2) is 0 Å². The van der Waals surface area contributed by atoms with Crippen LogP contribution in [0.5, 0.6) is 0 Å². The highest BCUT2D eigenvalue weighted by atomic mass is 16.2. The Kier molecular flexibility index (Phi) is 12.2. The zero-order valence-electron chi connectivity index (χ0n) is 28.3. The van der Waals surface area contributed by atoms with Crippen LogP contribution in [0.3, 0.4) is 0 Å². The maximum absolute atomic E-state index is 13.9. The molecule has 2 amide bonds. The number of hydrogen-bond acceptors (Lipinski definition) is 4. The highest BCUT2D eigenvalue weighted by Gasteiger charge is 2.30. The van der Waals surface area contributed by atoms with Gasteiger partial charge in [0.1, 0.15) is 6.04 Å². The molecule has 238 valence electrons. The van der Waals surface area contributed by atoms with Gasteiger partial charge in [-0.05, 0) is 80.0 Å². The number of carbonyl (C=O) groups excluding carboxylic acids is 2. The number of likely N-dealkylation sites (N-methyl/N-ethyl adjacent to an activating group) is 1. The highest BCUT2D eigenvalue weighted by Crippen LogP contribution is 2.23. The molecule has 0 aliphatic heterocycles. The minimum Gasteiger partial charge on any atom is -0.381 e. The lowest BCUT2D eigenvalue weighted by Gasteiger charge is -2.31. The van der Waals surface area contributed by atoms with Crippen LogP contribution in [0.2, 0.25) is 0 Å². The molecule has 0 radical (unpaired) electrons. The van der Waals surface area contributed by atoms with E-state index in [-0.39, 0.29) is 23.3 Å². The van der Waals surface area contributed by atoms with Crippen LogP contribution in [-0.2, 0) is 34.5 Å². The minimum atomic E-state index is -0.695. The number of benzene rings is 3. The topological polar surface area (TPSA) is 73.5 Å². The van der Waals surface area contributed by atoms with E-state index in [9.17, 15) is 9.59 Å². The van der Waals surface area contributed by atoms with E-state index in [0.29, 0.717) is 25.3 Å². The summed E-state index contributed by atoms with van der Waals surface area (Å²) in [4.78, 5) is 29.5. The van der Waals surface area contributed by atoms with Crippen LogP contribution in [0.25, 0.3) is 0 Å². The Morgan fingerprint density at radius 2 is 1.34 bits per heavy atom. The molecule has 3 aromatic rings. The van der Waals surface area contributed by atoms with Gasteiger partial charge < -0.3 is 16.0 Å². The van der Waals surface area contributed by atoms with Crippen LogP contribution in [0.1, 0.15) is 84.1 Å². The zero-order chi connectivity index (χ0) is 32.5. The summed E-state index contributed by atoms with van der Waals surface area (Å²) in [5.41, 5.74) is 5.31. The first-order valence-corrected chi connectivity index (χ1v) is 15.9. The molecule has 6 nitrogen and oxygen atoms in total. The maximum atomic E-state index is 13.9. The standard InChI is InChI=1S/C38H54N4O2/c1-27(2)23-34(42(9)26-30-15-19-31(20-16-30)37(3,4)5)36(44)40-33(35(43)41-38(6,7)8)24-28-17-21-32(22-18-28)39-25-29-13-11-10-12-14-29/h10-22,27,33-34,39H,23-26H2,1-9H3,(H,40,44)(H,41,43)/t33-,34-/m0/s1. The van der Waals surface area contributed by atoms with Gasteiger partial charge in [-0.2, -0.15) is 0 Å². The third-order valence-corrected chi connectivity index (χ3v) is 7.65. The lowest BCUT2D eigenvalue weighted by Crippen LogP contribution is -2.56. The van der Waals surface area contributed by atoms with Crippen molar-refractivity contribution in [2.24, 2.45) is 5.92 Å². The summed E-state index contributed by atoms with van der Waals surface area (Å²) in [5, 5.41) is 9.67. The molecule has 44 heavy (non-hydrogen) atoms. The van der Waals surface area contributed by atoms with Crippen LogP contribution in [0, 0.1) is 5.92 Å². The fourth-order valence-corrected chi connectivity index (χ4v) is 5.17. The highest BCUT2D eigenvalue weighted by molar-refractivity contribution is 5.90. The van der Waals surface area contributed by atoms with Gasteiger partial charge in [0.15, 0.2) is 0 Å². The molecule has 0 aliphatic rings. The van der Waals surface area contributed by atoms with Gasteiger partial charge in [0.25, 0.3) is 0 Å². The molecule has 2 atom stereocenters. The Hall–Kier alpha value is -3.64. The molecule has 0 bridgehead atoms. The van der Waals surface area contributed by atoms with Gasteiger partial charge in [0.2, 0.25) is 11.8 Å². The van der Waals surface area contributed by atoms with Crippen molar-refractivity contribution in [2.45, 2.75) is 104 Å². The van der Waals surface area contributed by atoms with Crippen molar-refractivity contribution in [2.75, 3.05) is 12.4 Å². The van der Waals surface area contributed by atoms with Crippen LogP contribution in [-0.4, -0.2) is 41.4 Å². The van der Waals surface area contributed by atoms with Crippen molar-refractivity contribution in [3.05, 3.63) is 101 Å². The van der Waals surface area contributed by atoms with E-state index in [1.807, 2.05) is 70.3 Å². The first kappa shape index (κ1) is 34.8. The fourth-order valence-electron chi connectivity index (χ4n) is 5.17. The molecule has 0 fully saturated rings. The molecule has 3 aromatic carbocycles. The van der Waals surface area contributed by atoms with Gasteiger partial charge in [-0.15, -0.1) is 0 Å². The van der Waals surface area contributed by atoms with Gasteiger partial charge in [-0.1, -0.05) is 101 Å². The van der Waals surface area contributed by atoms with Crippen molar-refractivity contribution >= 4 is 17.5 Å². The first-order chi connectivity index (χ1) is 20.6. The molecule has 0 saturated carbocycles. The van der Waals surface area contributed by atoms with E-state index in [1.54, 1.807) is 0 Å². The molecule has 6 heteroatoms. The number of carbonyl (C=O) groups is 2. The van der Waals surface area contributed by atoms with Gasteiger partial charge in [0.05, 0.1) is 6.04 Å². The number of hydrogen-bond donors (Lipinski definition) is 3. The summed E-state index contributed by atoms with van der Waals surface area (Å²) in [6.07, 6.45) is 1.09. The Morgan fingerprint density at radius 3 is 1.89 bits per heavy atom. The second kappa shape index (κ2) is 15.4. The third-order valence-electron chi connectivity index (χ3n) is 7.65. The van der Waals surface area contributed by atoms with Gasteiger partial charge in [-0.3, -0.25) is 14.5 Å². The molecule has 0 aliphatic carbocycles. The van der Waals surface area contributed by atoms with E-state index in [0.717, 1.165) is 23.4 Å². The molecule has 0 saturated heterocycles. The van der Waals surface area contributed by atoms with Crippen molar-refractivity contribution in [3.63, 3.8) is 0 Å². The molecular weight excluding hydrogens is 544 g/mol. The smallest absolute Gasteiger partial charge is 0.243 e. The van der Waals surface area contributed by atoms with E-state index >= 15 is 0 Å². The minimum absolute atomic E-state index is 0.0894. The molecule has 0 spiro atoms. The SMILES string of the molecule is CC(C)C[C@@H](C(=O)N[C@@H](Cc1ccc(NCc2ccccc2)cc1)C(=O)NC(C)(C)C)N(C)Cc1ccc(C(C)(C)C)cc1. The van der Waals surface area contributed by atoms with Crippen molar-refractivity contribution < 1.29 is 9.59 Å². The molecule has 0 heterocycles. The predicted octanol–water partition coefficient (Wildman–Crippen LogP) is 7.08. The van der Waals surface area contributed by atoms with Crippen molar-refractivity contribution in [3.8, 4) is 0 Å². The number of anilines is 1. The summed E-state index contributed by atoms with van der Waals surface area (Å²) in [6, 6.07) is 26.0. The number of nitrogens with zero attached hydrogens (tertiary/aromatic N) is 1. The Balaban J connectivity index is 1.74. The van der Waals surface area contributed by atoms with Crippen LogP contribution in [0.4, 0.5) is 5.69 Å². The second-order valence-electron chi connectivity index (χ2n) is 14.5. The number of amides is 2. The number of rotatable bonds is 13. The molecule has 0 unspecified atom stereocenters. The monoisotopic (exact) mass is 598 g/mol. The first-order valence-electron chi connectivity index (χ1n) is 15.9. The Morgan fingerprint density at radius 1 is 0.750 bits per heavy atom. The molecule has 0 aromatic heterocycles. The van der Waals surface area contributed by atoms with E-state index in [2.05, 4.69) is 91.9 Å². The summed E-state index contributed by atoms with van der Waals surface area (Å²) < 4.78 is 0. The largest absolute Gasteiger partial charge is 0.381 e. The van der Waals surface area contributed by atoms with Gasteiger partial charge >= 0.3 is 0 Å². The summed E-state index contributed by atoms with van der Waals surface area (Å²) in [5.74, 6) is 0.0119. The second-order valence-corrected chi connectivity index (χ2v) is 14.5. The zero-order valence-corrected chi connectivity index (χ0v) is 28.3. The molecule has 3 N–H and O–H groups in total. The Labute approximate surface area is 266 Å². The average Bonchev–Trinajstić information content (AvgIpc) is 2.94. The van der Waals surface area contributed by atoms with E-state index < -0.39 is 11.6 Å². The van der Waals surface area contributed by atoms with Crippen LogP contribution in [0.15, 0.2) is 78.9 Å². The maximum Gasteiger partial charge on any atom is 0.243 e. The van der Waals surface area contributed by atoms with Crippen LogP contribution >= 0.6 is 0 Å². The van der Waals surface area contributed by atoms with Gasteiger partial charge in [0, 0.05) is 30.7 Å². The average molecular weight is 599 g/mol. The lowest BCUT2D eigenvalue weighted by molar-refractivity contribution is -0.132.